The molecular weight excluding hydrogens is 452 g/mol. The average Bonchev–Trinajstić information content (AvgIpc) is 2.81. The monoisotopic (exact) mass is 478 g/mol. The van der Waals surface area contributed by atoms with Crippen molar-refractivity contribution in [1.82, 2.24) is 0 Å². The zero-order valence-electron chi connectivity index (χ0n) is 17.9. The summed E-state index contributed by atoms with van der Waals surface area (Å²) in [7, 11) is 0. The van der Waals surface area contributed by atoms with Crippen molar-refractivity contribution in [1.29, 1.82) is 0 Å². The molecule has 0 spiro atoms. The fourth-order valence-electron chi connectivity index (χ4n) is 3.25. The highest BCUT2D eigenvalue weighted by atomic mass is 16.7. The number of hydrogen-bond acceptors (Lipinski definition) is 11. The number of hydrogen-bond donors (Lipinski definition) is 7. The fourth-order valence-corrected chi connectivity index (χ4v) is 3.25. The van der Waals surface area contributed by atoms with Gasteiger partial charge in [0.2, 0.25) is 0 Å². The summed E-state index contributed by atoms with van der Waals surface area (Å²) in [6.07, 6.45) is -4.14. The number of ether oxygens (including phenoxy) is 3. The third-order valence-corrected chi connectivity index (χ3v) is 5.17. The molecule has 0 radical (unpaired) electrons. The van der Waals surface area contributed by atoms with E-state index in [2.05, 4.69) is 0 Å². The van der Waals surface area contributed by atoms with E-state index in [1.807, 2.05) is 0 Å². The topological polar surface area (TPSA) is 186 Å². The van der Waals surface area contributed by atoms with Gasteiger partial charge in [-0.3, -0.25) is 0 Å². The van der Waals surface area contributed by atoms with Gasteiger partial charge in [0.05, 0.1) is 13.2 Å². The number of carbonyl (C=O) groups excluding carboxylic acids is 1. The molecule has 0 saturated carbocycles. The molecule has 1 aliphatic heterocycles. The normalized spacial score (nSPS) is 24.9. The van der Waals surface area contributed by atoms with Crippen LogP contribution in [0.1, 0.15) is 11.1 Å². The van der Waals surface area contributed by atoms with Gasteiger partial charge in [0.15, 0.2) is 29.3 Å². The zero-order chi connectivity index (χ0) is 24.8. The van der Waals surface area contributed by atoms with Crippen molar-refractivity contribution >= 4 is 12.0 Å². The van der Waals surface area contributed by atoms with Crippen molar-refractivity contribution < 1.29 is 54.8 Å². The Morgan fingerprint density at radius 1 is 0.941 bits per heavy atom. The van der Waals surface area contributed by atoms with Crippen LogP contribution in [0.4, 0.5) is 0 Å². The molecule has 0 unspecified atom stereocenters. The number of phenolic OH excluding ortho intramolecular Hbond substituents is 3. The minimum absolute atomic E-state index is 0.0173. The summed E-state index contributed by atoms with van der Waals surface area (Å²) in [5, 5.41) is 67.6. The number of esters is 1. The van der Waals surface area contributed by atoms with Crippen molar-refractivity contribution in [2.45, 2.75) is 37.1 Å². The first-order valence-electron chi connectivity index (χ1n) is 10.4. The summed E-state index contributed by atoms with van der Waals surface area (Å²) in [4.78, 5) is 12.0. The van der Waals surface area contributed by atoms with Crippen molar-refractivity contribution in [3.8, 4) is 23.0 Å². The molecule has 11 heteroatoms. The highest BCUT2D eigenvalue weighted by Gasteiger charge is 2.43. The second-order valence-corrected chi connectivity index (χ2v) is 7.62. The van der Waals surface area contributed by atoms with Crippen LogP contribution in [0.2, 0.25) is 0 Å². The van der Waals surface area contributed by atoms with Gasteiger partial charge in [-0.1, -0.05) is 12.1 Å². The maximum absolute atomic E-state index is 12.0. The van der Waals surface area contributed by atoms with Gasteiger partial charge in [-0.15, -0.1) is 0 Å². The number of aromatic hydroxyl groups is 3. The molecule has 2 aromatic rings. The fraction of sp³-hybridized carbons (Fsp3) is 0.348. The van der Waals surface area contributed by atoms with E-state index in [0.29, 0.717) is 11.1 Å². The number of carbonyl (C=O) groups is 1. The lowest BCUT2D eigenvalue weighted by Gasteiger charge is -2.39. The third-order valence-electron chi connectivity index (χ3n) is 5.17. The molecule has 2 aromatic carbocycles. The van der Waals surface area contributed by atoms with E-state index in [-0.39, 0.29) is 36.0 Å². The predicted molar refractivity (Wildman–Crippen MR) is 116 cm³/mol. The lowest BCUT2D eigenvalue weighted by Crippen LogP contribution is -2.59. The number of aliphatic hydroxyl groups excluding tert-OH is 4. The number of aliphatic hydroxyl groups is 4. The molecule has 0 aromatic heterocycles. The minimum atomic E-state index is -1.54. The zero-order valence-corrected chi connectivity index (χ0v) is 17.9. The Morgan fingerprint density at radius 2 is 1.71 bits per heavy atom. The third kappa shape index (κ3) is 6.23. The van der Waals surface area contributed by atoms with Gasteiger partial charge in [-0.2, -0.15) is 0 Å². The summed E-state index contributed by atoms with van der Waals surface area (Å²) >= 11 is 0. The van der Waals surface area contributed by atoms with Gasteiger partial charge in [0.1, 0.15) is 24.4 Å². The summed E-state index contributed by atoms with van der Waals surface area (Å²) in [6, 6.07) is 8.35. The quantitative estimate of drug-likeness (QED) is 0.115. The Morgan fingerprint density at radius 3 is 2.38 bits per heavy atom. The Bertz CT molecular complexity index is 1020. The molecule has 1 aliphatic rings. The summed E-state index contributed by atoms with van der Waals surface area (Å²) in [5.41, 5.74) is 1.06. The Labute approximate surface area is 194 Å². The molecule has 0 bridgehead atoms. The minimum Gasteiger partial charge on any atom is -0.504 e. The van der Waals surface area contributed by atoms with E-state index >= 15 is 0 Å². The molecule has 0 aliphatic carbocycles. The Kier molecular flexibility index (Phi) is 8.45. The van der Waals surface area contributed by atoms with E-state index in [1.54, 1.807) is 6.07 Å². The second-order valence-electron chi connectivity index (χ2n) is 7.62. The smallest absolute Gasteiger partial charge is 0.336 e. The predicted octanol–water partition coefficient (Wildman–Crippen LogP) is -0.219. The van der Waals surface area contributed by atoms with Crippen LogP contribution >= 0.6 is 0 Å². The number of benzene rings is 2. The van der Waals surface area contributed by atoms with Crippen molar-refractivity contribution in [3.63, 3.8) is 0 Å². The van der Waals surface area contributed by atoms with Gasteiger partial charge in [0, 0.05) is 6.08 Å². The molecule has 1 heterocycles. The Balaban J connectivity index is 1.52. The van der Waals surface area contributed by atoms with E-state index in [0.717, 1.165) is 6.08 Å². The highest BCUT2D eigenvalue weighted by molar-refractivity contribution is 5.89. The van der Waals surface area contributed by atoms with Crippen LogP contribution in [0.25, 0.3) is 6.08 Å². The van der Waals surface area contributed by atoms with E-state index in [9.17, 15) is 40.5 Å². The van der Waals surface area contributed by atoms with Crippen molar-refractivity contribution in [3.05, 3.63) is 53.6 Å². The van der Waals surface area contributed by atoms with Gasteiger partial charge < -0.3 is 50.0 Å². The van der Waals surface area contributed by atoms with Crippen molar-refractivity contribution in [2.75, 3.05) is 13.2 Å². The van der Waals surface area contributed by atoms with Gasteiger partial charge in [-0.25, -0.2) is 4.79 Å². The SMILES string of the molecule is O=C(C=Cc1ccc(O)c(O)c1)Oc1ccc(CCO[C@@H]2O[C@H](CO)[C@H](O)[C@H](O)[C@H]2O)cc1O. The second kappa shape index (κ2) is 11.3. The van der Waals surface area contributed by atoms with Gasteiger partial charge in [-0.05, 0) is 47.9 Å². The van der Waals surface area contributed by atoms with Crippen LogP contribution in [0.3, 0.4) is 0 Å². The van der Waals surface area contributed by atoms with Crippen LogP contribution in [0, 0.1) is 0 Å². The first-order chi connectivity index (χ1) is 16.2. The maximum Gasteiger partial charge on any atom is 0.336 e. The van der Waals surface area contributed by atoms with Crippen LogP contribution in [-0.2, 0) is 20.7 Å². The highest BCUT2D eigenvalue weighted by Crippen LogP contribution is 2.28. The summed E-state index contributed by atoms with van der Waals surface area (Å²) in [6.45, 7) is -0.547. The molecular formula is C23H26O11. The molecule has 11 nitrogen and oxygen atoms in total. The maximum atomic E-state index is 12.0. The molecule has 5 atom stereocenters. The van der Waals surface area contributed by atoms with Crippen LogP contribution in [0.15, 0.2) is 42.5 Å². The van der Waals surface area contributed by atoms with E-state index in [4.69, 9.17) is 14.2 Å². The van der Waals surface area contributed by atoms with Gasteiger partial charge >= 0.3 is 5.97 Å². The van der Waals surface area contributed by atoms with Crippen molar-refractivity contribution in [2.24, 2.45) is 0 Å². The first-order valence-corrected chi connectivity index (χ1v) is 10.4. The lowest BCUT2D eigenvalue weighted by molar-refractivity contribution is -0.300. The molecule has 1 saturated heterocycles. The lowest BCUT2D eigenvalue weighted by atomic mass is 9.99. The van der Waals surface area contributed by atoms with Crippen LogP contribution in [-0.4, -0.2) is 85.6 Å². The van der Waals surface area contributed by atoms with E-state index < -0.39 is 43.3 Å². The van der Waals surface area contributed by atoms with Crippen LogP contribution < -0.4 is 4.74 Å². The molecule has 34 heavy (non-hydrogen) atoms. The molecule has 7 N–H and O–H groups in total. The van der Waals surface area contributed by atoms with Crippen LogP contribution in [0.5, 0.6) is 23.0 Å². The summed E-state index contributed by atoms with van der Waals surface area (Å²) < 4.78 is 15.7. The van der Waals surface area contributed by atoms with Gasteiger partial charge in [0.25, 0.3) is 0 Å². The van der Waals surface area contributed by atoms with E-state index in [1.165, 1.54) is 36.4 Å². The number of phenols is 3. The average molecular weight is 478 g/mol. The molecule has 1 fully saturated rings. The Hall–Kier alpha value is -3.19. The summed E-state index contributed by atoms with van der Waals surface area (Å²) in [5.74, 6) is -1.78. The molecule has 0 amide bonds. The standard InChI is InChI=1S/C23H26O11/c24-11-18-20(29)21(30)22(31)23(34-18)32-8-7-13-2-5-17(16(27)10-13)33-19(28)6-3-12-1-4-14(25)15(26)9-12/h1-6,9-10,18,20-27,29-31H,7-8,11H2/t18-,20+,21+,22-,23-/m1/s1. The first kappa shape index (κ1) is 25.4. The number of rotatable bonds is 8. The molecule has 3 rings (SSSR count). The largest absolute Gasteiger partial charge is 0.504 e. The molecule has 184 valence electrons.